The first-order valence-corrected chi connectivity index (χ1v) is 10.2. The highest BCUT2D eigenvalue weighted by Gasteiger charge is 2.25. The Labute approximate surface area is 175 Å². The van der Waals surface area contributed by atoms with Crippen LogP contribution >= 0.6 is 27.7 Å². The highest BCUT2D eigenvalue weighted by atomic mass is 79.9. The standard InChI is InChI=1S/C23H15BrO3S/c1-14-9-10-19(27-23(26)15-5-4-6-17(24)12-15)16(11-14)13-21-22(25)18-7-2-3-8-20(18)28-21/h2-13H,1H3/b21-13-. The van der Waals surface area contributed by atoms with Crippen molar-refractivity contribution in [1.29, 1.82) is 0 Å². The third kappa shape index (κ3) is 3.81. The summed E-state index contributed by atoms with van der Waals surface area (Å²) >= 11 is 4.80. The molecule has 4 rings (SSSR count). The van der Waals surface area contributed by atoms with Crippen molar-refractivity contribution in [3.05, 3.63) is 98.4 Å². The molecule has 0 unspecified atom stereocenters. The summed E-state index contributed by atoms with van der Waals surface area (Å²) < 4.78 is 6.44. The molecule has 3 aromatic rings. The normalized spacial score (nSPS) is 14.2. The molecule has 0 spiro atoms. The van der Waals surface area contributed by atoms with Crippen LogP contribution in [0.15, 0.2) is 81.0 Å². The lowest BCUT2D eigenvalue weighted by Crippen LogP contribution is -2.09. The minimum atomic E-state index is -0.446. The van der Waals surface area contributed by atoms with Crippen molar-refractivity contribution in [1.82, 2.24) is 0 Å². The average Bonchev–Trinajstić information content (AvgIpc) is 3.00. The van der Waals surface area contributed by atoms with E-state index in [0.29, 0.717) is 27.3 Å². The summed E-state index contributed by atoms with van der Waals surface area (Å²) in [7, 11) is 0. The lowest BCUT2D eigenvalue weighted by molar-refractivity contribution is 0.0734. The second-order valence-electron chi connectivity index (χ2n) is 6.38. The molecule has 5 heteroatoms. The molecule has 0 amide bonds. The van der Waals surface area contributed by atoms with Gasteiger partial charge < -0.3 is 4.74 Å². The zero-order valence-electron chi connectivity index (χ0n) is 14.9. The van der Waals surface area contributed by atoms with E-state index in [1.807, 2.05) is 49.4 Å². The zero-order chi connectivity index (χ0) is 19.7. The molecule has 138 valence electrons. The topological polar surface area (TPSA) is 43.4 Å². The van der Waals surface area contributed by atoms with Crippen LogP contribution in [0.5, 0.6) is 5.75 Å². The number of thioether (sulfide) groups is 1. The van der Waals surface area contributed by atoms with Gasteiger partial charge in [0.1, 0.15) is 5.75 Å². The monoisotopic (exact) mass is 450 g/mol. The van der Waals surface area contributed by atoms with Gasteiger partial charge in [0, 0.05) is 20.5 Å². The molecular weight excluding hydrogens is 436 g/mol. The van der Waals surface area contributed by atoms with E-state index in [0.717, 1.165) is 14.9 Å². The molecule has 0 bridgehead atoms. The Balaban J connectivity index is 1.67. The molecule has 3 aromatic carbocycles. The predicted octanol–water partition coefficient (Wildman–Crippen LogP) is 6.31. The van der Waals surface area contributed by atoms with E-state index in [2.05, 4.69) is 15.9 Å². The van der Waals surface area contributed by atoms with Crippen molar-refractivity contribution in [2.24, 2.45) is 0 Å². The molecule has 0 radical (unpaired) electrons. The summed E-state index contributed by atoms with van der Waals surface area (Å²) in [5.74, 6) is -0.0303. The Hall–Kier alpha value is -2.63. The van der Waals surface area contributed by atoms with Crippen LogP contribution in [0.25, 0.3) is 6.08 Å². The highest BCUT2D eigenvalue weighted by Crippen LogP contribution is 2.41. The van der Waals surface area contributed by atoms with Crippen LogP contribution in [0.2, 0.25) is 0 Å². The molecule has 1 aliphatic rings. The fourth-order valence-electron chi connectivity index (χ4n) is 2.92. The van der Waals surface area contributed by atoms with Gasteiger partial charge in [0.2, 0.25) is 5.78 Å². The second kappa shape index (κ2) is 7.78. The number of hydrogen-bond donors (Lipinski definition) is 0. The lowest BCUT2D eigenvalue weighted by Gasteiger charge is -2.09. The van der Waals surface area contributed by atoms with Gasteiger partial charge in [0.15, 0.2) is 0 Å². The van der Waals surface area contributed by atoms with Crippen LogP contribution in [0.1, 0.15) is 31.8 Å². The first kappa shape index (κ1) is 18.7. The number of ketones is 1. The molecule has 0 atom stereocenters. The van der Waals surface area contributed by atoms with E-state index in [4.69, 9.17) is 4.74 Å². The predicted molar refractivity (Wildman–Crippen MR) is 115 cm³/mol. The van der Waals surface area contributed by atoms with Gasteiger partial charge >= 0.3 is 5.97 Å². The first-order chi connectivity index (χ1) is 13.5. The van der Waals surface area contributed by atoms with Gasteiger partial charge in [-0.3, -0.25) is 4.79 Å². The number of carbonyl (C=O) groups excluding carboxylic acids is 2. The number of fused-ring (bicyclic) bond motifs is 1. The highest BCUT2D eigenvalue weighted by molar-refractivity contribution is 9.10. The van der Waals surface area contributed by atoms with E-state index in [1.54, 1.807) is 30.3 Å². The number of hydrogen-bond acceptors (Lipinski definition) is 4. The van der Waals surface area contributed by atoms with Gasteiger partial charge in [-0.25, -0.2) is 4.79 Å². The lowest BCUT2D eigenvalue weighted by atomic mass is 10.1. The maximum Gasteiger partial charge on any atom is 0.343 e. The summed E-state index contributed by atoms with van der Waals surface area (Å²) in [6, 6.07) is 20.1. The molecule has 1 heterocycles. The van der Waals surface area contributed by atoms with Crippen molar-refractivity contribution in [2.75, 3.05) is 0 Å². The van der Waals surface area contributed by atoms with E-state index in [9.17, 15) is 9.59 Å². The summed E-state index contributed by atoms with van der Waals surface area (Å²) in [4.78, 5) is 26.8. The van der Waals surface area contributed by atoms with Gasteiger partial charge in [0.05, 0.1) is 10.5 Å². The number of allylic oxidation sites excluding steroid dienone is 1. The first-order valence-electron chi connectivity index (χ1n) is 8.63. The van der Waals surface area contributed by atoms with Crippen LogP contribution in [-0.2, 0) is 0 Å². The summed E-state index contributed by atoms with van der Waals surface area (Å²) in [5.41, 5.74) is 2.88. The van der Waals surface area contributed by atoms with Crippen molar-refractivity contribution in [3.8, 4) is 5.75 Å². The molecule has 0 aliphatic carbocycles. The third-order valence-corrected chi connectivity index (χ3v) is 5.88. The number of aryl methyl sites for hydroxylation is 1. The molecule has 0 saturated carbocycles. The van der Waals surface area contributed by atoms with Gasteiger partial charge in [-0.15, -0.1) is 0 Å². The largest absolute Gasteiger partial charge is 0.422 e. The summed E-state index contributed by atoms with van der Waals surface area (Å²) in [6.45, 7) is 1.96. The maximum atomic E-state index is 12.7. The molecular formula is C23H15BrO3S. The van der Waals surface area contributed by atoms with Crippen molar-refractivity contribution >= 4 is 45.5 Å². The molecule has 3 nitrogen and oxygen atoms in total. The van der Waals surface area contributed by atoms with E-state index in [-0.39, 0.29) is 5.78 Å². The van der Waals surface area contributed by atoms with E-state index < -0.39 is 5.97 Å². The Bertz CT molecular complexity index is 1130. The molecule has 0 aromatic heterocycles. The van der Waals surface area contributed by atoms with E-state index in [1.165, 1.54) is 11.8 Å². The van der Waals surface area contributed by atoms with Gasteiger partial charge in [0.25, 0.3) is 0 Å². The van der Waals surface area contributed by atoms with E-state index >= 15 is 0 Å². The second-order valence-corrected chi connectivity index (χ2v) is 8.38. The van der Waals surface area contributed by atoms with Crippen LogP contribution < -0.4 is 4.74 Å². The summed E-state index contributed by atoms with van der Waals surface area (Å²) in [5, 5.41) is 0. The minimum Gasteiger partial charge on any atom is -0.422 e. The number of Topliss-reactive ketones (excluding diaryl/α,β-unsaturated/α-hetero) is 1. The molecule has 0 saturated heterocycles. The van der Waals surface area contributed by atoms with Crippen LogP contribution in [-0.4, -0.2) is 11.8 Å². The summed E-state index contributed by atoms with van der Waals surface area (Å²) in [6.07, 6.45) is 1.80. The maximum absolute atomic E-state index is 12.7. The number of benzene rings is 3. The fourth-order valence-corrected chi connectivity index (χ4v) is 4.37. The SMILES string of the molecule is Cc1ccc(OC(=O)c2cccc(Br)c2)c(/C=C2\Sc3ccccc3C2=O)c1. The molecule has 28 heavy (non-hydrogen) atoms. The van der Waals surface area contributed by atoms with Crippen LogP contribution in [0.4, 0.5) is 0 Å². The number of esters is 1. The Morgan fingerprint density at radius 1 is 1.04 bits per heavy atom. The van der Waals surface area contributed by atoms with Crippen molar-refractivity contribution < 1.29 is 14.3 Å². The smallest absolute Gasteiger partial charge is 0.343 e. The average molecular weight is 451 g/mol. The quantitative estimate of drug-likeness (QED) is 0.266. The minimum absolute atomic E-state index is 0.00799. The number of carbonyl (C=O) groups is 2. The zero-order valence-corrected chi connectivity index (χ0v) is 17.3. The van der Waals surface area contributed by atoms with Crippen molar-refractivity contribution in [3.63, 3.8) is 0 Å². The van der Waals surface area contributed by atoms with Crippen LogP contribution in [0, 0.1) is 6.92 Å². The number of ether oxygens (including phenoxy) is 1. The number of halogens is 1. The fraction of sp³-hybridized carbons (Fsp3) is 0.0435. The van der Waals surface area contributed by atoms with Gasteiger partial charge in [-0.2, -0.15) is 0 Å². The van der Waals surface area contributed by atoms with Gasteiger partial charge in [-0.1, -0.05) is 57.5 Å². The van der Waals surface area contributed by atoms with Crippen LogP contribution in [0.3, 0.4) is 0 Å². The van der Waals surface area contributed by atoms with Crippen molar-refractivity contribution in [2.45, 2.75) is 11.8 Å². The molecule has 0 N–H and O–H groups in total. The number of rotatable bonds is 3. The Morgan fingerprint density at radius 2 is 1.86 bits per heavy atom. The Kier molecular flexibility index (Phi) is 5.20. The third-order valence-electron chi connectivity index (χ3n) is 4.29. The molecule has 1 aliphatic heterocycles. The Morgan fingerprint density at radius 3 is 2.64 bits per heavy atom. The molecule has 0 fully saturated rings. The van der Waals surface area contributed by atoms with Gasteiger partial charge in [-0.05, 0) is 55.5 Å².